The third kappa shape index (κ3) is 3.84. The SMILES string of the molecule is O=C(CCn1cnc2ccccc2c1=O)NCC1=CCNCC1. The van der Waals surface area contributed by atoms with Gasteiger partial charge in [0.1, 0.15) is 0 Å². The van der Waals surface area contributed by atoms with Gasteiger partial charge in [0.05, 0.1) is 17.2 Å². The first-order chi connectivity index (χ1) is 11.2. The van der Waals surface area contributed by atoms with Crippen LogP contribution in [-0.4, -0.2) is 35.1 Å². The van der Waals surface area contributed by atoms with Crippen LogP contribution in [0.25, 0.3) is 10.9 Å². The van der Waals surface area contributed by atoms with Crippen LogP contribution in [0.3, 0.4) is 0 Å². The van der Waals surface area contributed by atoms with Crippen molar-refractivity contribution < 1.29 is 4.79 Å². The average molecular weight is 312 g/mol. The summed E-state index contributed by atoms with van der Waals surface area (Å²) in [6, 6.07) is 7.22. The summed E-state index contributed by atoms with van der Waals surface area (Å²) in [4.78, 5) is 28.5. The quantitative estimate of drug-likeness (QED) is 0.802. The summed E-state index contributed by atoms with van der Waals surface area (Å²) in [7, 11) is 0. The number of hydrogen-bond acceptors (Lipinski definition) is 4. The van der Waals surface area contributed by atoms with Crippen LogP contribution in [0.1, 0.15) is 12.8 Å². The van der Waals surface area contributed by atoms with Crippen molar-refractivity contribution in [2.75, 3.05) is 19.6 Å². The molecule has 1 aliphatic heterocycles. The molecule has 0 saturated heterocycles. The van der Waals surface area contributed by atoms with Crippen molar-refractivity contribution >= 4 is 16.8 Å². The largest absolute Gasteiger partial charge is 0.352 e. The highest BCUT2D eigenvalue weighted by molar-refractivity contribution is 5.77. The van der Waals surface area contributed by atoms with Crippen LogP contribution in [0.5, 0.6) is 0 Å². The van der Waals surface area contributed by atoms with E-state index < -0.39 is 0 Å². The molecule has 0 spiro atoms. The van der Waals surface area contributed by atoms with Crippen molar-refractivity contribution in [3.63, 3.8) is 0 Å². The molecule has 6 heteroatoms. The molecule has 0 aliphatic carbocycles. The highest BCUT2D eigenvalue weighted by atomic mass is 16.1. The molecule has 23 heavy (non-hydrogen) atoms. The van der Waals surface area contributed by atoms with Crippen LogP contribution < -0.4 is 16.2 Å². The predicted molar refractivity (Wildman–Crippen MR) is 89.2 cm³/mol. The summed E-state index contributed by atoms with van der Waals surface area (Å²) in [6.45, 7) is 2.75. The Labute approximate surface area is 134 Å². The molecule has 1 aromatic heterocycles. The van der Waals surface area contributed by atoms with Gasteiger partial charge in [0, 0.05) is 26.1 Å². The van der Waals surface area contributed by atoms with Crippen LogP contribution in [0.15, 0.2) is 47.0 Å². The summed E-state index contributed by atoms with van der Waals surface area (Å²) in [6.07, 6.45) is 4.86. The smallest absolute Gasteiger partial charge is 0.261 e. The average Bonchev–Trinajstić information content (AvgIpc) is 2.60. The second-order valence-corrected chi connectivity index (χ2v) is 5.60. The number of para-hydroxylation sites is 1. The standard InChI is InChI=1S/C17H20N4O2/c22-16(19-11-13-5-8-18-9-6-13)7-10-21-12-20-15-4-2-1-3-14(15)17(21)23/h1-5,12,18H,6-11H2,(H,19,22). The van der Waals surface area contributed by atoms with E-state index in [4.69, 9.17) is 0 Å². The van der Waals surface area contributed by atoms with E-state index in [1.165, 1.54) is 16.5 Å². The summed E-state index contributed by atoms with van der Waals surface area (Å²) in [5.41, 5.74) is 1.82. The number of rotatable bonds is 5. The van der Waals surface area contributed by atoms with E-state index in [2.05, 4.69) is 21.7 Å². The first-order valence-electron chi connectivity index (χ1n) is 7.83. The molecule has 3 rings (SSSR count). The zero-order valence-electron chi connectivity index (χ0n) is 12.9. The fourth-order valence-electron chi connectivity index (χ4n) is 2.62. The zero-order chi connectivity index (χ0) is 16.1. The minimum atomic E-state index is -0.107. The van der Waals surface area contributed by atoms with Gasteiger partial charge in [-0.05, 0) is 25.1 Å². The number of nitrogens with one attached hydrogen (secondary N) is 2. The van der Waals surface area contributed by atoms with Gasteiger partial charge in [-0.2, -0.15) is 0 Å². The Morgan fingerprint density at radius 2 is 2.22 bits per heavy atom. The fraction of sp³-hybridized carbons (Fsp3) is 0.353. The van der Waals surface area contributed by atoms with E-state index >= 15 is 0 Å². The van der Waals surface area contributed by atoms with Gasteiger partial charge in [-0.15, -0.1) is 0 Å². The predicted octanol–water partition coefficient (Wildman–Crippen LogP) is 0.822. The van der Waals surface area contributed by atoms with E-state index in [0.29, 0.717) is 24.0 Å². The molecular weight excluding hydrogens is 292 g/mol. The van der Waals surface area contributed by atoms with Crippen molar-refractivity contribution in [2.24, 2.45) is 0 Å². The van der Waals surface area contributed by atoms with Gasteiger partial charge in [0.15, 0.2) is 0 Å². The van der Waals surface area contributed by atoms with Gasteiger partial charge in [-0.3, -0.25) is 14.2 Å². The molecule has 1 amide bonds. The lowest BCUT2D eigenvalue weighted by molar-refractivity contribution is -0.121. The van der Waals surface area contributed by atoms with Crippen molar-refractivity contribution in [3.8, 4) is 0 Å². The van der Waals surface area contributed by atoms with Gasteiger partial charge >= 0.3 is 0 Å². The summed E-state index contributed by atoms with van der Waals surface area (Å²) in [5.74, 6) is -0.0514. The summed E-state index contributed by atoms with van der Waals surface area (Å²) in [5, 5.41) is 6.72. The number of aryl methyl sites for hydroxylation is 1. The number of fused-ring (bicyclic) bond motifs is 1. The topological polar surface area (TPSA) is 76.0 Å². The first-order valence-corrected chi connectivity index (χ1v) is 7.83. The van der Waals surface area contributed by atoms with E-state index in [1.54, 1.807) is 12.1 Å². The maximum Gasteiger partial charge on any atom is 0.261 e. The van der Waals surface area contributed by atoms with E-state index in [1.807, 2.05) is 12.1 Å². The number of hydrogen-bond donors (Lipinski definition) is 2. The third-order valence-corrected chi connectivity index (χ3v) is 3.98. The molecule has 120 valence electrons. The minimum Gasteiger partial charge on any atom is -0.352 e. The first kappa shape index (κ1) is 15.4. The number of carbonyl (C=O) groups excluding carboxylic acids is 1. The van der Waals surface area contributed by atoms with Crippen molar-refractivity contribution in [1.82, 2.24) is 20.2 Å². The fourth-order valence-corrected chi connectivity index (χ4v) is 2.62. The molecule has 2 N–H and O–H groups in total. The van der Waals surface area contributed by atoms with Crippen LogP contribution >= 0.6 is 0 Å². The molecule has 0 saturated carbocycles. The molecule has 0 fully saturated rings. The van der Waals surface area contributed by atoms with E-state index in [-0.39, 0.29) is 17.9 Å². The lowest BCUT2D eigenvalue weighted by Gasteiger charge is -2.14. The second-order valence-electron chi connectivity index (χ2n) is 5.60. The molecule has 1 aromatic carbocycles. The monoisotopic (exact) mass is 312 g/mol. The highest BCUT2D eigenvalue weighted by Gasteiger charge is 2.08. The van der Waals surface area contributed by atoms with Crippen LogP contribution in [0.4, 0.5) is 0 Å². The maximum atomic E-state index is 12.3. The highest BCUT2D eigenvalue weighted by Crippen LogP contribution is 2.05. The summed E-state index contributed by atoms with van der Waals surface area (Å²) < 4.78 is 1.49. The number of amides is 1. The Morgan fingerprint density at radius 3 is 3.04 bits per heavy atom. The van der Waals surface area contributed by atoms with Crippen molar-refractivity contribution in [1.29, 1.82) is 0 Å². The normalized spacial score (nSPS) is 14.5. The minimum absolute atomic E-state index is 0.0514. The van der Waals surface area contributed by atoms with Gasteiger partial charge in [-0.25, -0.2) is 4.98 Å². The van der Waals surface area contributed by atoms with Gasteiger partial charge in [0.25, 0.3) is 5.56 Å². The van der Waals surface area contributed by atoms with Gasteiger partial charge < -0.3 is 10.6 Å². The molecule has 2 heterocycles. The molecule has 0 bridgehead atoms. The second kappa shape index (κ2) is 7.19. The molecule has 0 unspecified atom stereocenters. The molecule has 6 nitrogen and oxygen atoms in total. The summed E-state index contributed by atoms with van der Waals surface area (Å²) >= 11 is 0. The Balaban J connectivity index is 1.57. The Morgan fingerprint density at radius 1 is 1.35 bits per heavy atom. The zero-order valence-corrected chi connectivity index (χ0v) is 12.9. The number of nitrogens with zero attached hydrogens (tertiary/aromatic N) is 2. The third-order valence-electron chi connectivity index (χ3n) is 3.98. The van der Waals surface area contributed by atoms with Crippen LogP contribution in [-0.2, 0) is 11.3 Å². The lowest BCUT2D eigenvalue weighted by atomic mass is 10.1. The van der Waals surface area contributed by atoms with Gasteiger partial charge in [0.2, 0.25) is 5.91 Å². The molecule has 2 aromatic rings. The van der Waals surface area contributed by atoms with Crippen molar-refractivity contribution in [2.45, 2.75) is 19.4 Å². The van der Waals surface area contributed by atoms with Crippen LogP contribution in [0.2, 0.25) is 0 Å². The number of carbonyl (C=O) groups is 1. The van der Waals surface area contributed by atoms with E-state index in [0.717, 1.165) is 19.5 Å². The van der Waals surface area contributed by atoms with Crippen LogP contribution in [0, 0.1) is 0 Å². The Bertz CT molecular complexity index is 795. The number of benzene rings is 1. The lowest BCUT2D eigenvalue weighted by Crippen LogP contribution is -2.31. The van der Waals surface area contributed by atoms with Gasteiger partial charge in [-0.1, -0.05) is 23.8 Å². The Hall–Kier alpha value is -2.47. The molecular formula is C17H20N4O2. The molecule has 0 radical (unpaired) electrons. The van der Waals surface area contributed by atoms with Crippen molar-refractivity contribution in [3.05, 3.63) is 52.6 Å². The van der Waals surface area contributed by atoms with E-state index in [9.17, 15) is 9.59 Å². The Kier molecular flexibility index (Phi) is 4.83. The molecule has 0 atom stereocenters. The molecule has 1 aliphatic rings. The number of aromatic nitrogens is 2. The maximum absolute atomic E-state index is 12.3.